The molecule has 0 amide bonds. The van der Waals surface area contributed by atoms with Gasteiger partial charge in [-0.05, 0) is 44.4 Å². The molecule has 0 aliphatic carbocycles. The Balaban J connectivity index is 2.22. The van der Waals surface area contributed by atoms with Crippen molar-refractivity contribution in [2.75, 3.05) is 25.1 Å². The number of ether oxygens (including phenoxy) is 1. The van der Waals surface area contributed by atoms with Gasteiger partial charge in [-0.1, -0.05) is 6.07 Å². The molecule has 4 heteroatoms. The van der Waals surface area contributed by atoms with Crippen molar-refractivity contribution in [1.82, 2.24) is 0 Å². The van der Waals surface area contributed by atoms with Crippen LogP contribution in [0.3, 0.4) is 0 Å². The van der Waals surface area contributed by atoms with Crippen LogP contribution < -0.4 is 10.6 Å². The summed E-state index contributed by atoms with van der Waals surface area (Å²) in [6.45, 7) is 5.52. The maximum atomic E-state index is 14.2. The van der Waals surface area contributed by atoms with Crippen LogP contribution in [0.25, 0.3) is 0 Å². The number of methoxy groups -OCH3 is 1. The van der Waals surface area contributed by atoms with Crippen LogP contribution in [0.2, 0.25) is 0 Å². The summed E-state index contributed by atoms with van der Waals surface area (Å²) in [6, 6.07) is 5.13. The highest BCUT2D eigenvalue weighted by Crippen LogP contribution is 2.30. The highest BCUT2D eigenvalue weighted by atomic mass is 19.1. The van der Waals surface area contributed by atoms with Gasteiger partial charge in [0.25, 0.3) is 0 Å². The molecular weight excluding hydrogens is 243 g/mol. The maximum Gasteiger partial charge on any atom is 0.146 e. The molecule has 19 heavy (non-hydrogen) atoms. The molecule has 1 fully saturated rings. The van der Waals surface area contributed by atoms with Gasteiger partial charge in [0.15, 0.2) is 0 Å². The van der Waals surface area contributed by atoms with E-state index in [1.807, 2.05) is 19.1 Å². The number of piperidine rings is 1. The van der Waals surface area contributed by atoms with E-state index in [4.69, 9.17) is 10.5 Å². The lowest BCUT2D eigenvalue weighted by molar-refractivity contribution is -0.00477. The largest absolute Gasteiger partial charge is 0.377 e. The summed E-state index contributed by atoms with van der Waals surface area (Å²) in [4.78, 5) is 2.06. The fraction of sp³-hybridized carbons (Fsp3) is 0.600. The van der Waals surface area contributed by atoms with Gasteiger partial charge in [0.1, 0.15) is 5.82 Å². The lowest BCUT2D eigenvalue weighted by Gasteiger charge is -2.40. The van der Waals surface area contributed by atoms with E-state index in [0.717, 1.165) is 31.5 Å². The first-order chi connectivity index (χ1) is 8.95. The molecule has 1 aliphatic rings. The summed E-state index contributed by atoms with van der Waals surface area (Å²) in [7, 11) is 1.72. The molecule has 1 saturated heterocycles. The first-order valence-corrected chi connectivity index (χ1v) is 6.80. The maximum absolute atomic E-state index is 14.2. The zero-order chi connectivity index (χ0) is 14.0. The molecule has 1 heterocycles. The van der Waals surface area contributed by atoms with E-state index in [1.54, 1.807) is 13.2 Å². The van der Waals surface area contributed by atoms with Gasteiger partial charge in [-0.15, -0.1) is 0 Å². The van der Waals surface area contributed by atoms with Crippen LogP contribution in [-0.2, 0) is 4.74 Å². The summed E-state index contributed by atoms with van der Waals surface area (Å²) in [5.74, 6) is -0.199. The van der Waals surface area contributed by atoms with Crippen molar-refractivity contribution in [3.63, 3.8) is 0 Å². The van der Waals surface area contributed by atoms with Crippen molar-refractivity contribution in [2.45, 2.75) is 38.3 Å². The highest BCUT2D eigenvalue weighted by Gasteiger charge is 2.31. The van der Waals surface area contributed by atoms with Gasteiger partial charge in [-0.25, -0.2) is 4.39 Å². The van der Waals surface area contributed by atoms with Crippen molar-refractivity contribution >= 4 is 5.69 Å². The molecule has 0 radical (unpaired) electrons. The summed E-state index contributed by atoms with van der Waals surface area (Å²) < 4.78 is 19.8. The van der Waals surface area contributed by atoms with Crippen LogP contribution in [0.15, 0.2) is 18.2 Å². The monoisotopic (exact) mass is 266 g/mol. The van der Waals surface area contributed by atoms with E-state index >= 15 is 0 Å². The second-order valence-corrected chi connectivity index (χ2v) is 5.68. The third kappa shape index (κ3) is 3.07. The van der Waals surface area contributed by atoms with E-state index < -0.39 is 0 Å². The minimum absolute atomic E-state index is 0.144. The molecule has 1 aromatic carbocycles. The number of benzene rings is 1. The molecule has 0 aromatic heterocycles. The van der Waals surface area contributed by atoms with Crippen LogP contribution in [0, 0.1) is 5.82 Å². The number of nitrogens with zero attached hydrogens (tertiary/aromatic N) is 1. The van der Waals surface area contributed by atoms with Gasteiger partial charge >= 0.3 is 0 Å². The van der Waals surface area contributed by atoms with Gasteiger partial charge in [0.05, 0.1) is 11.3 Å². The summed E-state index contributed by atoms with van der Waals surface area (Å²) >= 11 is 0. The van der Waals surface area contributed by atoms with E-state index in [-0.39, 0.29) is 17.5 Å². The van der Waals surface area contributed by atoms with Gasteiger partial charge in [0.2, 0.25) is 0 Å². The number of nitrogens with two attached hydrogens (primary N) is 1. The Labute approximate surface area is 114 Å². The zero-order valence-corrected chi connectivity index (χ0v) is 11.9. The molecule has 0 saturated carbocycles. The first-order valence-electron chi connectivity index (χ1n) is 6.80. The minimum Gasteiger partial charge on any atom is -0.377 e. The molecule has 1 aliphatic heterocycles. The van der Waals surface area contributed by atoms with Crippen molar-refractivity contribution in [1.29, 1.82) is 0 Å². The SMILES string of the molecule is COC1(C)CCCN(c2ccc([C@H](C)N)cc2F)C1. The summed E-state index contributed by atoms with van der Waals surface area (Å²) in [5.41, 5.74) is 7.06. The minimum atomic E-state index is -0.199. The standard InChI is InChI=1S/C15H23FN2O/c1-11(17)12-5-6-14(13(16)9-12)18-8-4-7-15(2,10-18)19-3/h5-6,9,11H,4,7-8,10,17H2,1-3H3/t11-,15?/m0/s1. The third-order valence-corrected chi connectivity index (χ3v) is 3.99. The summed E-state index contributed by atoms with van der Waals surface area (Å²) in [5, 5.41) is 0. The van der Waals surface area contributed by atoms with Gasteiger partial charge in [0, 0.05) is 26.2 Å². The highest BCUT2D eigenvalue weighted by molar-refractivity contribution is 5.50. The van der Waals surface area contributed by atoms with E-state index in [0.29, 0.717) is 5.69 Å². The van der Waals surface area contributed by atoms with Crippen LogP contribution in [-0.4, -0.2) is 25.8 Å². The molecule has 3 nitrogen and oxygen atoms in total. The lowest BCUT2D eigenvalue weighted by Crippen LogP contribution is -2.47. The van der Waals surface area contributed by atoms with Crippen molar-refractivity contribution in [3.8, 4) is 0 Å². The predicted molar refractivity (Wildman–Crippen MR) is 75.9 cm³/mol. The fourth-order valence-electron chi connectivity index (χ4n) is 2.64. The lowest BCUT2D eigenvalue weighted by atomic mass is 9.94. The van der Waals surface area contributed by atoms with Crippen molar-refractivity contribution in [2.24, 2.45) is 5.73 Å². The summed E-state index contributed by atoms with van der Waals surface area (Å²) in [6.07, 6.45) is 2.03. The molecule has 106 valence electrons. The number of anilines is 1. The Bertz CT molecular complexity index is 450. The van der Waals surface area contributed by atoms with Crippen LogP contribution in [0.1, 0.15) is 38.3 Å². The molecule has 1 aromatic rings. The Hall–Kier alpha value is -1.13. The number of hydrogen-bond donors (Lipinski definition) is 1. The van der Waals surface area contributed by atoms with Gasteiger partial charge in [-0.3, -0.25) is 0 Å². The van der Waals surface area contributed by atoms with Crippen LogP contribution >= 0.6 is 0 Å². The smallest absolute Gasteiger partial charge is 0.146 e. The third-order valence-electron chi connectivity index (χ3n) is 3.99. The predicted octanol–water partition coefficient (Wildman–Crippen LogP) is 2.85. The number of rotatable bonds is 3. The van der Waals surface area contributed by atoms with Gasteiger partial charge in [-0.2, -0.15) is 0 Å². The second kappa shape index (κ2) is 5.47. The molecule has 2 rings (SSSR count). The normalized spacial score (nSPS) is 25.4. The van der Waals surface area contributed by atoms with Crippen LogP contribution in [0.4, 0.5) is 10.1 Å². The average Bonchev–Trinajstić information content (AvgIpc) is 2.38. The second-order valence-electron chi connectivity index (χ2n) is 5.68. The molecule has 0 bridgehead atoms. The Morgan fingerprint density at radius 2 is 2.21 bits per heavy atom. The van der Waals surface area contributed by atoms with Gasteiger partial charge < -0.3 is 15.4 Å². The number of halogens is 1. The van der Waals surface area contributed by atoms with E-state index in [2.05, 4.69) is 11.8 Å². The number of hydrogen-bond acceptors (Lipinski definition) is 3. The van der Waals surface area contributed by atoms with Crippen molar-refractivity contribution < 1.29 is 9.13 Å². The average molecular weight is 266 g/mol. The topological polar surface area (TPSA) is 38.5 Å². The first kappa shape index (κ1) is 14.3. The Morgan fingerprint density at radius 3 is 2.79 bits per heavy atom. The quantitative estimate of drug-likeness (QED) is 0.914. The van der Waals surface area contributed by atoms with E-state index in [9.17, 15) is 4.39 Å². The van der Waals surface area contributed by atoms with Crippen molar-refractivity contribution in [3.05, 3.63) is 29.6 Å². The Morgan fingerprint density at radius 1 is 1.47 bits per heavy atom. The zero-order valence-electron chi connectivity index (χ0n) is 11.9. The molecule has 0 spiro atoms. The molecule has 2 N–H and O–H groups in total. The van der Waals surface area contributed by atoms with E-state index in [1.165, 1.54) is 0 Å². The fourth-order valence-corrected chi connectivity index (χ4v) is 2.64. The molecule has 1 unspecified atom stereocenters. The van der Waals surface area contributed by atoms with Crippen LogP contribution in [0.5, 0.6) is 0 Å². The Kier molecular flexibility index (Phi) is 4.11. The molecule has 2 atom stereocenters. The molecular formula is C15H23FN2O.